The van der Waals surface area contributed by atoms with Gasteiger partial charge in [0, 0.05) is 7.11 Å². The van der Waals surface area contributed by atoms with Gasteiger partial charge in [-0.15, -0.1) is 0 Å². The first-order chi connectivity index (χ1) is 6.69. The number of aldehydes is 1. The molecule has 0 spiro atoms. The molecule has 5 heteroatoms. The molecule has 0 aromatic carbocycles. The van der Waals surface area contributed by atoms with E-state index >= 15 is 0 Å². The summed E-state index contributed by atoms with van der Waals surface area (Å²) in [5.41, 5.74) is 0. The zero-order valence-electron chi connectivity index (χ0n) is 8.01. The summed E-state index contributed by atoms with van der Waals surface area (Å²) in [5.74, 6) is -1.61. The topological polar surface area (TPSA) is 72.8 Å². The maximum Gasteiger partial charge on any atom is 0.333 e. The van der Waals surface area contributed by atoms with Crippen molar-refractivity contribution in [3.63, 3.8) is 0 Å². The number of ether oxygens (including phenoxy) is 2. The Labute approximate surface area is 82.0 Å². The van der Waals surface area contributed by atoms with Gasteiger partial charge in [0.05, 0.1) is 18.6 Å². The van der Waals surface area contributed by atoms with Crippen molar-refractivity contribution < 1.29 is 24.2 Å². The molecule has 14 heavy (non-hydrogen) atoms. The van der Waals surface area contributed by atoms with Crippen molar-refractivity contribution >= 4 is 12.3 Å². The molecule has 80 valence electrons. The van der Waals surface area contributed by atoms with Gasteiger partial charge in [-0.05, 0) is 12.8 Å². The fourth-order valence-corrected chi connectivity index (χ4v) is 1.60. The lowest BCUT2D eigenvalue weighted by atomic mass is 9.93. The normalized spacial score (nSPS) is 32.5. The molecule has 1 aliphatic rings. The lowest BCUT2D eigenvalue weighted by Gasteiger charge is -2.30. The van der Waals surface area contributed by atoms with Crippen LogP contribution in [0.5, 0.6) is 0 Å². The number of aliphatic carboxylic acids is 1. The number of carbonyl (C=O) groups is 2. The van der Waals surface area contributed by atoms with E-state index in [1.807, 2.05) is 0 Å². The van der Waals surface area contributed by atoms with Crippen LogP contribution >= 0.6 is 0 Å². The van der Waals surface area contributed by atoms with Crippen LogP contribution in [0.2, 0.25) is 0 Å². The first-order valence-electron chi connectivity index (χ1n) is 4.51. The predicted octanol–water partition coefficient (Wildman–Crippen LogP) is 0.0801. The summed E-state index contributed by atoms with van der Waals surface area (Å²) < 4.78 is 10.1. The highest BCUT2D eigenvalue weighted by molar-refractivity contribution is 5.77. The predicted molar refractivity (Wildman–Crippen MR) is 47.0 cm³/mol. The third-order valence-electron chi connectivity index (χ3n) is 2.32. The van der Waals surface area contributed by atoms with E-state index in [1.54, 1.807) is 0 Å². The largest absolute Gasteiger partial charge is 0.479 e. The number of carboxylic acid groups (broad SMARTS) is 1. The molecule has 3 atom stereocenters. The average Bonchev–Trinajstić information content (AvgIpc) is 2.18. The lowest BCUT2D eigenvalue weighted by Crippen LogP contribution is -2.42. The highest BCUT2D eigenvalue weighted by atomic mass is 16.5. The van der Waals surface area contributed by atoms with Gasteiger partial charge in [0.2, 0.25) is 0 Å². The second-order valence-electron chi connectivity index (χ2n) is 3.35. The van der Waals surface area contributed by atoms with Crippen molar-refractivity contribution in [1.82, 2.24) is 0 Å². The van der Waals surface area contributed by atoms with E-state index in [2.05, 4.69) is 0 Å². The summed E-state index contributed by atoms with van der Waals surface area (Å²) in [4.78, 5) is 21.3. The molecule has 5 nitrogen and oxygen atoms in total. The number of rotatable bonds is 4. The summed E-state index contributed by atoms with van der Waals surface area (Å²) in [5, 5.41) is 8.80. The van der Waals surface area contributed by atoms with Crippen molar-refractivity contribution in [2.75, 3.05) is 13.7 Å². The van der Waals surface area contributed by atoms with Crippen LogP contribution in [0.1, 0.15) is 12.8 Å². The van der Waals surface area contributed by atoms with Crippen LogP contribution in [0.4, 0.5) is 0 Å². The third kappa shape index (κ3) is 2.52. The molecule has 0 saturated carbocycles. The Morgan fingerprint density at radius 2 is 2.36 bits per heavy atom. The molecule has 2 unspecified atom stereocenters. The maximum absolute atomic E-state index is 10.7. The minimum absolute atomic E-state index is 0.211. The zero-order valence-corrected chi connectivity index (χ0v) is 8.01. The van der Waals surface area contributed by atoms with Gasteiger partial charge in [-0.3, -0.25) is 0 Å². The molecule has 0 bridgehead atoms. The van der Waals surface area contributed by atoms with Crippen LogP contribution in [-0.4, -0.2) is 43.3 Å². The van der Waals surface area contributed by atoms with E-state index in [9.17, 15) is 9.59 Å². The van der Waals surface area contributed by atoms with Crippen LogP contribution in [0.25, 0.3) is 0 Å². The minimum Gasteiger partial charge on any atom is -0.479 e. The molecule has 1 rings (SSSR count). The van der Waals surface area contributed by atoms with Crippen molar-refractivity contribution in [3.05, 3.63) is 0 Å². The van der Waals surface area contributed by atoms with Crippen molar-refractivity contribution in [2.45, 2.75) is 25.0 Å². The molecule has 0 aromatic rings. The number of carbonyl (C=O) groups excluding carboxylic acids is 1. The van der Waals surface area contributed by atoms with E-state index in [4.69, 9.17) is 14.6 Å². The van der Waals surface area contributed by atoms with Crippen LogP contribution in [0, 0.1) is 5.92 Å². The number of hydrogen-bond donors (Lipinski definition) is 1. The molecule has 1 heterocycles. The minimum atomic E-state index is -1.08. The molecule has 0 amide bonds. The Morgan fingerprint density at radius 1 is 1.64 bits per heavy atom. The van der Waals surface area contributed by atoms with Gasteiger partial charge < -0.3 is 19.4 Å². The Bertz CT molecular complexity index is 215. The Balaban J connectivity index is 2.57. The van der Waals surface area contributed by atoms with Crippen molar-refractivity contribution in [3.8, 4) is 0 Å². The van der Waals surface area contributed by atoms with Gasteiger partial charge in [-0.2, -0.15) is 0 Å². The second-order valence-corrected chi connectivity index (χ2v) is 3.35. The molecule has 1 fully saturated rings. The van der Waals surface area contributed by atoms with Crippen molar-refractivity contribution in [1.29, 1.82) is 0 Å². The van der Waals surface area contributed by atoms with E-state index in [0.717, 1.165) is 0 Å². The quantitative estimate of drug-likeness (QED) is 0.653. The molecular weight excluding hydrogens is 188 g/mol. The number of methoxy groups -OCH3 is 1. The third-order valence-corrected chi connectivity index (χ3v) is 2.32. The average molecular weight is 202 g/mol. The van der Waals surface area contributed by atoms with Crippen LogP contribution in [0.3, 0.4) is 0 Å². The maximum atomic E-state index is 10.7. The van der Waals surface area contributed by atoms with Crippen molar-refractivity contribution in [2.24, 2.45) is 5.92 Å². The van der Waals surface area contributed by atoms with Gasteiger partial charge in [-0.25, -0.2) is 4.79 Å². The summed E-state index contributed by atoms with van der Waals surface area (Å²) in [7, 11) is 1.53. The first kappa shape index (κ1) is 11.1. The Kier molecular flexibility index (Phi) is 4.03. The molecule has 1 aliphatic heterocycles. The molecule has 0 radical (unpaired) electrons. The van der Waals surface area contributed by atoms with E-state index in [1.165, 1.54) is 7.11 Å². The Morgan fingerprint density at radius 3 is 2.86 bits per heavy atom. The molecular formula is C9H14O5. The standard InChI is InChI=1S/C9H14O5/c1-13-5-7-3-2-6(4-10)8(14-7)9(11)12/h4,6-8H,2-3,5H2,1H3,(H,11,12)/t6?,7-,8?/m0/s1. The van der Waals surface area contributed by atoms with Gasteiger partial charge in [0.15, 0.2) is 6.10 Å². The fourth-order valence-electron chi connectivity index (χ4n) is 1.60. The fraction of sp³-hybridized carbons (Fsp3) is 0.778. The molecule has 1 N–H and O–H groups in total. The zero-order chi connectivity index (χ0) is 10.6. The first-order valence-corrected chi connectivity index (χ1v) is 4.51. The molecule has 1 saturated heterocycles. The van der Waals surface area contributed by atoms with Crippen LogP contribution < -0.4 is 0 Å². The van der Waals surface area contributed by atoms with Crippen LogP contribution in [0.15, 0.2) is 0 Å². The lowest BCUT2D eigenvalue weighted by molar-refractivity contribution is -0.170. The van der Waals surface area contributed by atoms with Gasteiger partial charge in [-0.1, -0.05) is 0 Å². The van der Waals surface area contributed by atoms with Gasteiger partial charge >= 0.3 is 5.97 Å². The SMILES string of the molecule is COC[C@@H]1CCC(C=O)C(C(=O)O)O1. The summed E-state index contributed by atoms with van der Waals surface area (Å²) >= 11 is 0. The smallest absolute Gasteiger partial charge is 0.333 e. The van der Waals surface area contributed by atoms with Gasteiger partial charge in [0.1, 0.15) is 6.29 Å². The Hall–Kier alpha value is -0.940. The number of carboxylic acids is 1. The van der Waals surface area contributed by atoms with Crippen LogP contribution in [-0.2, 0) is 19.1 Å². The van der Waals surface area contributed by atoms with E-state index in [-0.39, 0.29) is 6.10 Å². The monoisotopic (exact) mass is 202 g/mol. The summed E-state index contributed by atoms with van der Waals surface area (Å²) in [6, 6.07) is 0. The molecule has 0 aliphatic carbocycles. The molecule has 0 aromatic heterocycles. The second kappa shape index (κ2) is 5.07. The van der Waals surface area contributed by atoms with E-state index in [0.29, 0.717) is 25.7 Å². The highest BCUT2D eigenvalue weighted by Gasteiger charge is 2.35. The van der Waals surface area contributed by atoms with E-state index < -0.39 is 18.0 Å². The number of hydrogen-bond acceptors (Lipinski definition) is 4. The van der Waals surface area contributed by atoms with Gasteiger partial charge in [0.25, 0.3) is 0 Å². The summed E-state index contributed by atoms with van der Waals surface area (Å²) in [6.45, 7) is 0.370. The summed E-state index contributed by atoms with van der Waals surface area (Å²) in [6.07, 6.45) is 0.649. The highest BCUT2D eigenvalue weighted by Crippen LogP contribution is 2.24.